The van der Waals surface area contributed by atoms with E-state index in [1.807, 2.05) is 96.9 Å². The highest BCUT2D eigenvalue weighted by Crippen LogP contribution is 2.27. The van der Waals surface area contributed by atoms with Gasteiger partial charge in [0.25, 0.3) is 0 Å². The molecule has 9 nitrogen and oxygen atoms in total. The molecule has 0 fully saturated rings. The van der Waals surface area contributed by atoms with Gasteiger partial charge in [0, 0.05) is 20.0 Å². The molecule has 0 atom stereocenters. The van der Waals surface area contributed by atoms with E-state index in [9.17, 15) is 13.7 Å². The Labute approximate surface area is 183 Å². The van der Waals surface area contributed by atoms with Crippen molar-refractivity contribution in [3.05, 3.63) is 0 Å². The molecule has 0 spiro atoms. The van der Waals surface area contributed by atoms with Gasteiger partial charge in [0.05, 0.1) is 0 Å². The van der Waals surface area contributed by atoms with Crippen molar-refractivity contribution in [2.75, 3.05) is 20.0 Å². The van der Waals surface area contributed by atoms with Gasteiger partial charge in [0.1, 0.15) is 0 Å². The Hall–Kier alpha value is 0.450. The summed E-state index contributed by atoms with van der Waals surface area (Å²) in [5.74, 6) is 0. The first kappa shape index (κ1) is 63.0. The van der Waals surface area contributed by atoms with Gasteiger partial charge in [0.15, 0.2) is 0 Å². The van der Waals surface area contributed by atoms with Gasteiger partial charge < -0.3 is 29.4 Å². The van der Waals surface area contributed by atoms with Crippen molar-refractivity contribution in [1.82, 2.24) is 0 Å². The van der Waals surface area contributed by atoms with Gasteiger partial charge in [-0.2, -0.15) is 0 Å². The maximum atomic E-state index is 9.33. The maximum Gasteiger partial charge on any atom is 0.322 e. The van der Waals surface area contributed by atoms with Crippen LogP contribution in [0.3, 0.4) is 0 Å². The highest BCUT2D eigenvalue weighted by atomic mass is 31.2. The Bertz CT molecular complexity index is 224. The summed E-state index contributed by atoms with van der Waals surface area (Å²) >= 11 is 0. The summed E-state index contributed by atoms with van der Waals surface area (Å²) in [7, 11) is -10.9. The Morgan fingerprint density at radius 2 is 0.310 bits per heavy atom. The standard InChI is InChI=1S/7C2H6.3CH5O3P/c7*1-2;3*1-5(2,3)4/h7*1-2H3;3*1H3,(H2,2,3,4). The molecule has 0 bridgehead atoms. The zero-order chi connectivity index (χ0) is 27.5. The average molecular weight is 499 g/mol. The highest BCUT2D eigenvalue weighted by molar-refractivity contribution is 7.51. The van der Waals surface area contributed by atoms with Gasteiger partial charge in [0.2, 0.25) is 0 Å². The Kier molecular flexibility index (Phi) is 137. The van der Waals surface area contributed by atoms with Gasteiger partial charge in [-0.25, -0.2) is 0 Å². The van der Waals surface area contributed by atoms with E-state index in [0.717, 1.165) is 20.0 Å². The van der Waals surface area contributed by atoms with E-state index in [1.165, 1.54) is 0 Å². The van der Waals surface area contributed by atoms with Crippen molar-refractivity contribution in [2.45, 2.75) is 96.9 Å². The summed E-state index contributed by atoms with van der Waals surface area (Å²) in [6, 6.07) is 0. The second kappa shape index (κ2) is 63.0. The minimum atomic E-state index is -3.64. The molecular formula is C17H57O9P3. The first-order chi connectivity index (χ1) is 13.0. The van der Waals surface area contributed by atoms with Crippen LogP contribution in [0.2, 0.25) is 0 Å². The van der Waals surface area contributed by atoms with E-state index in [1.54, 1.807) is 0 Å². The zero-order valence-electron chi connectivity index (χ0n) is 22.2. The van der Waals surface area contributed by atoms with E-state index in [-0.39, 0.29) is 0 Å². The number of rotatable bonds is 0. The van der Waals surface area contributed by atoms with E-state index in [2.05, 4.69) is 0 Å². The topological polar surface area (TPSA) is 173 Å². The fourth-order valence-corrected chi connectivity index (χ4v) is 0. The third kappa shape index (κ3) is 98300. The molecule has 0 amide bonds. The fourth-order valence-electron chi connectivity index (χ4n) is 0. The smallest absolute Gasteiger partial charge is 0.322 e. The molecule has 0 saturated carbocycles. The van der Waals surface area contributed by atoms with Crippen LogP contribution in [0, 0.1) is 0 Å². The van der Waals surface area contributed by atoms with Gasteiger partial charge in [-0.1, -0.05) is 96.9 Å². The Morgan fingerprint density at radius 1 is 0.310 bits per heavy atom. The van der Waals surface area contributed by atoms with Crippen LogP contribution in [-0.4, -0.2) is 49.4 Å². The SMILES string of the molecule is CC.CC.CC.CC.CC.CC.CC.CP(=O)(O)O.CP(=O)(O)O.CP(=O)(O)O. The molecule has 0 aromatic rings. The van der Waals surface area contributed by atoms with Crippen LogP contribution in [-0.2, 0) is 13.7 Å². The monoisotopic (exact) mass is 498 g/mol. The van der Waals surface area contributed by atoms with Crippen molar-refractivity contribution in [3.8, 4) is 0 Å². The summed E-state index contributed by atoms with van der Waals surface area (Å²) in [4.78, 5) is 45.8. The lowest BCUT2D eigenvalue weighted by Crippen LogP contribution is -1.64. The third-order valence-corrected chi connectivity index (χ3v) is 0. The van der Waals surface area contributed by atoms with Crippen LogP contribution < -0.4 is 0 Å². The molecule has 29 heavy (non-hydrogen) atoms. The molecule has 12 heteroatoms. The van der Waals surface area contributed by atoms with Crippen LogP contribution in [0.1, 0.15) is 96.9 Å². The third-order valence-electron chi connectivity index (χ3n) is 0. The van der Waals surface area contributed by atoms with Gasteiger partial charge in [-0.05, 0) is 0 Å². The van der Waals surface area contributed by atoms with Crippen LogP contribution in [0.4, 0.5) is 0 Å². The lowest BCUT2D eigenvalue weighted by atomic mass is 11.0. The summed E-state index contributed by atoms with van der Waals surface area (Å²) in [6.07, 6.45) is 0. The van der Waals surface area contributed by atoms with E-state index in [4.69, 9.17) is 29.4 Å². The molecule has 0 rings (SSSR count). The molecule has 6 N–H and O–H groups in total. The fraction of sp³-hybridized carbons (Fsp3) is 1.00. The van der Waals surface area contributed by atoms with Crippen molar-refractivity contribution in [3.63, 3.8) is 0 Å². The van der Waals surface area contributed by atoms with Gasteiger partial charge in [-0.3, -0.25) is 13.7 Å². The summed E-state index contributed by atoms with van der Waals surface area (Å²) in [6.45, 7) is 30.6. The first-order valence-corrected chi connectivity index (χ1v) is 16.3. The van der Waals surface area contributed by atoms with Crippen LogP contribution in [0.5, 0.6) is 0 Å². The second-order valence-corrected chi connectivity index (χ2v) is 7.52. The molecule has 0 aromatic heterocycles. The van der Waals surface area contributed by atoms with Gasteiger partial charge in [-0.15, -0.1) is 0 Å². The lowest BCUT2D eigenvalue weighted by Gasteiger charge is -1.84. The molecule has 0 aliphatic carbocycles. The first-order valence-electron chi connectivity index (χ1n) is 10.1. The molecular weight excluding hydrogens is 441 g/mol. The average Bonchev–Trinajstić information content (AvgIpc) is 2.62. The Balaban J connectivity index is -0.0000000180. The summed E-state index contributed by atoms with van der Waals surface area (Å²) in [5, 5.41) is 0. The predicted octanol–water partition coefficient (Wildman–Crippen LogP) is 6.57. The molecule has 0 unspecified atom stereocenters. The molecule has 194 valence electrons. The van der Waals surface area contributed by atoms with Crippen LogP contribution in [0.15, 0.2) is 0 Å². The zero-order valence-corrected chi connectivity index (χ0v) is 24.9. The highest BCUT2D eigenvalue weighted by Gasteiger charge is 1.96. The van der Waals surface area contributed by atoms with Crippen LogP contribution >= 0.6 is 22.8 Å². The molecule has 0 saturated heterocycles. The van der Waals surface area contributed by atoms with Crippen molar-refractivity contribution >= 4 is 22.8 Å². The molecule has 0 radical (unpaired) electrons. The van der Waals surface area contributed by atoms with Crippen molar-refractivity contribution in [2.24, 2.45) is 0 Å². The molecule has 0 aliphatic rings. The quantitative estimate of drug-likeness (QED) is 0.202. The van der Waals surface area contributed by atoms with Crippen molar-refractivity contribution in [1.29, 1.82) is 0 Å². The van der Waals surface area contributed by atoms with E-state index >= 15 is 0 Å². The molecule has 0 aliphatic heterocycles. The normalized spacial score (nSPS) is 7.55. The van der Waals surface area contributed by atoms with Crippen LogP contribution in [0.25, 0.3) is 0 Å². The maximum absolute atomic E-state index is 9.33. The van der Waals surface area contributed by atoms with Gasteiger partial charge >= 0.3 is 22.8 Å². The Morgan fingerprint density at radius 3 is 0.310 bits per heavy atom. The second-order valence-electron chi connectivity index (χ2n) is 2.51. The minimum absolute atomic E-state index is 0.854. The van der Waals surface area contributed by atoms with E-state index in [0.29, 0.717) is 0 Å². The number of hydrogen-bond acceptors (Lipinski definition) is 3. The van der Waals surface area contributed by atoms with E-state index < -0.39 is 22.8 Å². The largest absolute Gasteiger partial charge is 0.325 e. The summed E-state index contributed by atoms with van der Waals surface area (Å²) in [5.41, 5.74) is 0. The lowest BCUT2D eigenvalue weighted by molar-refractivity contribution is 0.379. The van der Waals surface area contributed by atoms with Crippen molar-refractivity contribution < 1.29 is 43.1 Å². The predicted molar refractivity (Wildman–Crippen MR) is 133 cm³/mol. The number of hydrogen-bond donors (Lipinski definition) is 6. The minimum Gasteiger partial charge on any atom is -0.325 e. The molecule has 0 heterocycles. The summed E-state index contributed by atoms with van der Waals surface area (Å²) < 4.78 is 28.0. The molecule has 0 aromatic carbocycles.